The Morgan fingerprint density at radius 3 is 2.37 bits per heavy atom. The number of aromatic nitrogens is 2. The Morgan fingerprint density at radius 2 is 1.70 bits per heavy atom. The second kappa shape index (κ2) is 9.16. The first-order valence-corrected chi connectivity index (χ1v) is 11.0. The third-order valence-electron chi connectivity index (χ3n) is 5.78. The molecule has 0 radical (unpaired) electrons. The number of fused-ring (bicyclic) bond motifs is 1. The van der Waals surface area contributed by atoms with Crippen LogP contribution in [0.2, 0.25) is 5.02 Å². The van der Waals surface area contributed by atoms with Crippen LogP contribution in [0.1, 0.15) is 30.0 Å². The first kappa shape index (κ1) is 20.8. The average molecular weight is 426 g/mol. The molecule has 0 spiro atoms. The number of rotatable bonds is 6. The number of nitrogens with zero attached hydrogens (tertiary/aromatic N) is 4. The molecule has 2 heterocycles. The summed E-state index contributed by atoms with van der Waals surface area (Å²) >= 11 is 5.91. The van der Waals surface area contributed by atoms with Gasteiger partial charge in [0.25, 0.3) is 5.91 Å². The summed E-state index contributed by atoms with van der Waals surface area (Å²) < 4.78 is 2.27. The van der Waals surface area contributed by atoms with Crippen molar-refractivity contribution in [2.24, 2.45) is 0 Å². The van der Waals surface area contributed by atoms with Gasteiger partial charge in [0.2, 0.25) is 0 Å². The highest BCUT2D eigenvalue weighted by molar-refractivity contribution is 6.30. The largest absolute Gasteiger partial charge is 0.327 e. The fraction of sp³-hybridized carbons (Fsp3) is 0.391. The topological polar surface area (TPSA) is 53.4 Å². The molecule has 3 aromatic rings. The van der Waals surface area contributed by atoms with Gasteiger partial charge in [0.1, 0.15) is 5.82 Å². The molecule has 1 saturated heterocycles. The van der Waals surface area contributed by atoms with E-state index in [1.807, 2.05) is 18.2 Å². The third kappa shape index (κ3) is 4.51. The van der Waals surface area contributed by atoms with Crippen molar-refractivity contribution in [3.8, 4) is 0 Å². The Kier molecular flexibility index (Phi) is 6.37. The second-order valence-corrected chi connectivity index (χ2v) is 8.08. The van der Waals surface area contributed by atoms with E-state index in [-0.39, 0.29) is 5.91 Å². The maximum absolute atomic E-state index is 12.5. The number of benzene rings is 2. The number of imidazole rings is 1. The van der Waals surface area contributed by atoms with Gasteiger partial charge in [0.15, 0.2) is 0 Å². The second-order valence-electron chi connectivity index (χ2n) is 7.65. The number of halogens is 1. The maximum Gasteiger partial charge on any atom is 0.255 e. The van der Waals surface area contributed by atoms with Crippen molar-refractivity contribution in [1.29, 1.82) is 0 Å². The first-order valence-electron chi connectivity index (χ1n) is 10.6. The van der Waals surface area contributed by atoms with Crippen LogP contribution in [0.15, 0.2) is 42.5 Å². The van der Waals surface area contributed by atoms with Crippen LogP contribution in [0.3, 0.4) is 0 Å². The lowest BCUT2D eigenvalue weighted by Gasteiger charge is -2.33. The summed E-state index contributed by atoms with van der Waals surface area (Å²) in [6.07, 6.45) is 0. The van der Waals surface area contributed by atoms with E-state index in [0.717, 1.165) is 68.4 Å². The minimum atomic E-state index is -0.157. The summed E-state index contributed by atoms with van der Waals surface area (Å²) in [6.45, 7) is 11.6. The molecule has 0 unspecified atom stereocenters. The zero-order chi connectivity index (χ0) is 21.1. The van der Waals surface area contributed by atoms with Crippen molar-refractivity contribution in [3.05, 3.63) is 58.9 Å². The molecule has 158 valence electrons. The number of carbonyl (C=O) groups is 1. The molecule has 0 bridgehead atoms. The highest BCUT2D eigenvalue weighted by atomic mass is 35.5. The summed E-state index contributed by atoms with van der Waals surface area (Å²) in [5.41, 5.74) is 3.33. The smallest absolute Gasteiger partial charge is 0.255 e. The summed E-state index contributed by atoms with van der Waals surface area (Å²) in [6, 6.07) is 12.8. The lowest BCUT2D eigenvalue weighted by atomic mass is 10.2. The normalized spacial score (nSPS) is 15.6. The van der Waals surface area contributed by atoms with E-state index in [9.17, 15) is 4.79 Å². The summed E-state index contributed by atoms with van der Waals surface area (Å²) in [5, 5.41) is 3.57. The number of anilines is 1. The van der Waals surface area contributed by atoms with Crippen molar-refractivity contribution in [2.75, 3.05) is 38.0 Å². The molecule has 1 N–H and O–H groups in total. The molecule has 0 atom stereocenters. The van der Waals surface area contributed by atoms with Crippen LogP contribution < -0.4 is 5.32 Å². The van der Waals surface area contributed by atoms with Crippen LogP contribution >= 0.6 is 11.6 Å². The van der Waals surface area contributed by atoms with E-state index in [1.165, 1.54) is 0 Å². The van der Waals surface area contributed by atoms with E-state index in [1.54, 1.807) is 24.3 Å². The van der Waals surface area contributed by atoms with Gasteiger partial charge in [0.05, 0.1) is 17.6 Å². The van der Waals surface area contributed by atoms with Crippen LogP contribution in [-0.4, -0.2) is 58.0 Å². The van der Waals surface area contributed by atoms with E-state index in [4.69, 9.17) is 16.6 Å². The minimum absolute atomic E-state index is 0.157. The monoisotopic (exact) mass is 425 g/mol. The molecule has 0 saturated carbocycles. The van der Waals surface area contributed by atoms with Gasteiger partial charge in [0, 0.05) is 49.0 Å². The number of carbonyl (C=O) groups excluding carboxylic acids is 1. The summed E-state index contributed by atoms with van der Waals surface area (Å²) in [5.74, 6) is 0.925. The van der Waals surface area contributed by atoms with E-state index < -0.39 is 0 Å². The van der Waals surface area contributed by atoms with Crippen molar-refractivity contribution in [3.63, 3.8) is 0 Å². The summed E-state index contributed by atoms with van der Waals surface area (Å²) in [7, 11) is 0. The molecule has 4 rings (SSSR count). The number of aryl methyl sites for hydroxylation is 1. The number of hydrogen-bond donors (Lipinski definition) is 1. The number of hydrogen-bond acceptors (Lipinski definition) is 4. The molecule has 1 aliphatic rings. The van der Waals surface area contributed by atoms with Gasteiger partial charge in [-0.3, -0.25) is 9.69 Å². The van der Waals surface area contributed by atoms with Crippen LogP contribution in [0.4, 0.5) is 5.69 Å². The van der Waals surface area contributed by atoms with Crippen molar-refractivity contribution in [1.82, 2.24) is 19.4 Å². The van der Waals surface area contributed by atoms with Gasteiger partial charge in [-0.2, -0.15) is 0 Å². The van der Waals surface area contributed by atoms with Crippen LogP contribution in [0.5, 0.6) is 0 Å². The third-order valence-corrected chi connectivity index (χ3v) is 6.04. The molecule has 1 aromatic heterocycles. The van der Waals surface area contributed by atoms with Crippen molar-refractivity contribution in [2.45, 2.75) is 26.9 Å². The van der Waals surface area contributed by atoms with Gasteiger partial charge < -0.3 is 14.8 Å². The van der Waals surface area contributed by atoms with E-state index >= 15 is 0 Å². The number of amides is 1. The Bertz CT molecular complexity index is 1020. The highest BCUT2D eigenvalue weighted by Gasteiger charge is 2.19. The zero-order valence-electron chi connectivity index (χ0n) is 17.6. The molecule has 1 amide bonds. The quantitative estimate of drug-likeness (QED) is 0.646. The fourth-order valence-corrected chi connectivity index (χ4v) is 4.13. The van der Waals surface area contributed by atoms with Gasteiger partial charge in [-0.15, -0.1) is 0 Å². The van der Waals surface area contributed by atoms with Crippen LogP contribution in [-0.2, 0) is 13.1 Å². The highest BCUT2D eigenvalue weighted by Crippen LogP contribution is 2.22. The molecule has 1 fully saturated rings. The first-order chi connectivity index (χ1) is 14.6. The molecule has 6 nitrogen and oxygen atoms in total. The van der Waals surface area contributed by atoms with Gasteiger partial charge in [-0.1, -0.05) is 18.5 Å². The Hall–Kier alpha value is -2.41. The van der Waals surface area contributed by atoms with E-state index in [0.29, 0.717) is 10.6 Å². The molecule has 0 aliphatic carbocycles. The average Bonchev–Trinajstić information content (AvgIpc) is 3.10. The van der Waals surface area contributed by atoms with Gasteiger partial charge in [-0.25, -0.2) is 4.98 Å². The number of nitrogens with one attached hydrogen (secondary N) is 1. The van der Waals surface area contributed by atoms with Crippen molar-refractivity contribution < 1.29 is 4.79 Å². The summed E-state index contributed by atoms with van der Waals surface area (Å²) in [4.78, 5) is 22.4. The van der Waals surface area contributed by atoms with Gasteiger partial charge >= 0.3 is 0 Å². The molecular weight excluding hydrogens is 398 g/mol. The van der Waals surface area contributed by atoms with Crippen LogP contribution in [0.25, 0.3) is 11.0 Å². The molecule has 2 aromatic carbocycles. The molecular formula is C23H28ClN5O. The SMILES string of the molecule is CCN1CCN(Cc2nc3cc(NC(=O)c4ccc(Cl)cc4)ccc3n2CC)CC1. The number of likely N-dealkylation sites (N-methyl/N-ethyl adjacent to an activating group) is 1. The molecule has 30 heavy (non-hydrogen) atoms. The fourth-order valence-electron chi connectivity index (χ4n) is 4.00. The molecule has 1 aliphatic heterocycles. The van der Waals surface area contributed by atoms with Crippen molar-refractivity contribution >= 4 is 34.2 Å². The standard InChI is InChI=1S/C23H28ClN5O/c1-3-27-11-13-28(14-12-27)16-22-26-20-15-19(9-10-21(20)29(22)4-2)25-23(30)17-5-7-18(24)8-6-17/h5-10,15H,3-4,11-14,16H2,1-2H3,(H,25,30). The predicted octanol–water partition coefficient (Wildman–Crippen LogP) is 4.10. The minimum Gasteiger partial charge on any atom is -0.327 e. The van der Waals surface area contributed by atoms with E-state index in [2.05, 4.69) is 33.5 Å². The van der Waals surface area contributed by atoms with Crippen LogP contribution in [0, 0.1) is 0 Å². The zero-order valence-corrected chi connectivity index (χ0v) is 18.3. The molecule has 7 heteroatoms. The lowest BCUT2D eigenvalue weighted by Crippen LogP contribution is -2.45. The lowest BCUT2D eigenvalue weighted by molar-refractivity contribution is 0.102. The number of piperazine rings is 1. The Morgan fingerprint density at radius 1 is 1.00 bits per heavy atom. The predicted molar refractivity (Wildman–Crippen MR) is 122 cm³/mol. The van der Waals surface area contributed by atoms with Gasteiger partial charge in [-0.05, 0) is 55.9 Å². The Labute approximate surface area is 182 Å². The Balaban J connectivity index is 1.51. The maximum atomic E-state index is 12.5.